The van der Waals surface area contributed by atoms with Crippen LogP contribution in [0.25, 0.3) is 11.3 Å². The van der Waals surface area contributed by atoms with E-state index >= 15 is 0 Å². The lowest BCUT2D eigenvalue weighted by atomic mass is 10.1. The van der Waals surface area contributed by atoms with Crippen molar-refractivity contribution in [2.45, 2.75) is 25.9 Å². The molecule has 4 rings (SSSR count). The summed E-state index contributed by atoms with van der Waals surface area (Å²) in [5, 5.41) is 6.61. The average molecular weight is 388 g/mol. The molecular weight excluding hydrogens is 364 g/mol. The van der Waals surface area contributed by atoms with Crippen molar-refractivity contribution in [3.8, 4) is 11.3 Å². The number of hydrogen-bond donors (Lipinski definition) is 2. The number of carbonyl (C=O) groups excluding carboxylic acids is 1. The standard InChI is InChI=1S/C23H24N4O2/c1-16(28)18-9-5-10-19(13-18)25-22-14-21(17-7-3-2-4-8-17)26-23(27-22)24-15-20-11-6-12-29-20/h2-5,7-10,13-14,20H,6,11-12,15H2,1H3,(H2,24,25,26,27). The largest absolute Gasteiger partial charge is 0.376 e. The summed E-state index contributed by atoms with van der Waals surface area (Å²) in [4.78, 5) is 21.0. The van der Waals surface area contributed by atoms with E-state index < -0.39 is 0 Å². The number of rotatable bonds is 7. The SMILES string of the molecule is CC(=O)c1cccc(Nc2cc(-c3ccccc3)nc(NCC3CCCO3)n2)c1. The Morgan fingerprint density at radius 3 is 2.72 bits per heavy atom. The lowest BCUT2D eigenvalue weighted by Crippen LogP contribution is -2.20. The van der Waals surface area contributed by atoms with Gasteiger partial charge < -0.3 is 15.4 Å². The monoisotopic (exact) mass is 388 g/mol. The normalized spacial score (nSPS) is 15.8. The van der Waals surface area contributed by atoms with Crippen LogP contribution in [-0.2, 0) is 4.74 Å². The van der Waals surface area contributed by atoms with E-state index in [9.17, 15) is 4.79 Å². The molecule has 148 valence electrons. The number of benzene rings is 2. The van der Waals surface area contributed by atoms with Crippen LogP contribution in [0, 0.1) is 0 Å². The first-order chi connectivity index (χ1) is 14.2. The van der Waals surface area contributed by atoms with Crippen molar-refractivity contribution in [2.75, 3.05) is 23.8 Å². The van der Waals surface area contributed by atoms with Crippen molar-refractivity contribution >= 4 is 23.2 Å². The van der Waals surface area contributed by atoms with Crippen molar-refractivity contribution in [1.82, 2.24) is 9.97 Å². The molecule has 1 aromatic heterocycles. The maximum atomic E-state index is 11.7. The van der Waals surface area contributed by atoms with Crippen LogP contribution in [0.4, 0.5) is 17.5 Å². The predicted molar refractivity (Wildman–Crippen MR) is 115 cm³/mol. The highest BCUT2D eigenvalue weighted by atomic mass is 16.5. The van der Waals surface area contributed by atoms with Gasteiger partial charge in [-0.15, -0.1) is 0 Å². The Morgan fingerprint density at radius 2 is 1.97 bits per heavy atom. The summed E-state index contributed by atoms with van der Waals surface area (Å²) in [5.41, 5.74) is 3.29. The minimum atomic E-state index is 0.0280. The fraction of sp³-hybridized carbons (Fsp3) is 0.261. The number of nitrogens with zero attached hydrogens (tertiary/aromatic N) is 2. The maximum Gasteiger partial charge on any atom is 0.225 e. The third-order valence-electron chi connectivity index (χ3n) is 4.85. The number of carbonyl (C=O) groups is 1. The topological polar surface area (TPSA) is 76.1 Å². The molecule has 2 heterocycles. The molecule has 1 atom stereocenters. The molecular formula is C23H24N4O2. The zero-order valence-electron chi connectivity index (χ0n) is 16.4. The minimum Gasteiger partial charge on any atom is -0.376 e. The maximum absolute atomic E-state index is 11.7. The third kappa shape index (κ3) is 4.97. The summed E-state index contributed by atoms with van der Waals surface area (Å²) >= 11 is 0. The molecule has 0 saturated carbocycles. The van der Waals surface area contributed by atoms with Crippen LogP contribution in [0.5, 0.6) is 0 Å². The smallest absolute Gasteiger partial charge is 0.225 e. The van der Waals surface area contributed by atoms with Crippen LogP contribution in [0.15, 0.2) is 60.7 Å². The molecule has 6 heteroatoms. The van der Waals surface area contributed by atoms with Crippen molar-refractivity contribution in [3.05, 3.63) is 66.2 Å². The third-order valence-corrected chi connectivity index (χ3v) is 4.85. The number of nitrogens with one attached hydrogen (secondary N) is 2. The zero-order valence-corrected chi connectivity index (χ0v) is 16.4. The molecule has 29 heavy (non-hydrogen) atoms. The zero-order chi connectivity index (χ0) is 20.1. The predicted octanol–water partition coefficient (Wildman–Crippen LogP) is 4.68. The summed E-state index contributed by atoms with van der Waals surface area (Å²) in [6.45, 7) is 3.05. The molecule has 1 aliphatic heterocycles. The van der Waals surface area contributed by atoms with Gasteiger partial charge in [-0.25, -0.2) is 4.98 Å². The van der Waals surface area contributed by atoms with Crippen LogP contribution in [0.3, 0.4) is 0 Å². The van der Waals surface area contributed by atoms with E-state index in [1.54, 1.807) is 13.0 Å². The highest BCUT2D eigenvalue weighted by Gasteiger charge is 2.16. The van der Waals surface area contributed by atoms with Gasteiger partial charge in [-0.05, 0) is 31.9 Å². The van der Waals surface area contributed by atoms with Gasteiger partial charge in [-0.1, -0.05) is 42.5 Å². The Morgan fingerprint density at radius 1 is 1.10 bits per heavy atom. The van der Waals surface area contributed by atoms with Gasteiger partial charge in [-0.2, -0.15) is 4.98 Å². The summed E-state index contributed by atoms with van der Waals surface area (Å²) < 4.78 is 5.69. The molecule has 0 amide bonds. The molecule has 2 aromatic carbocycles. The van der Waals surface area contributed by atoms with Gasteiger partial charge in [0, 0.05) is 36.0 Å². The van der Waals surface area contributed by atoms with Crippen molar-refractivity contribution < 1.29 is 9.53 Å². The summed E-state index contributed by atoms with van der Waals surface area (Å²) in [6.07, 6.45) is 2.34. The number of ketones is 1. The second kappa shape index (κ2) is 8.84. The summed E-state index contributed by atoms with van der Waals surface area (Å²) in [6, 6.07) is 19.3. The Hall–Kier alpha value is -3.25. The molecule has 6 nitrogen and oxygen atoms in total. The fourth-order valence-corrected chi connectivity index (χ4v) is 3.32. The molecule has 0 radical (unpaired) electrons. The Balaban J connectivity index is 1.61. The number of ether oxygens (including phenoxy) is 1. The van der Waals surface area contributed by atoms with Gasteiger partial charge >= 0.3 is 0 Å². The highest BCUT2D eigenvalue weighted by Crippen LogP contribution is 2.24. The molecule has 0 aliphatic carbocycles. The first kappa shape index (κ1) is 19.1. The van der Waals surface area contributed by atoms with Gasteiger partial charge in [0.1, 0.15) is 5.82 Å². The highest BCUT2D eigenvalue weighted by molar-refractivity contribution is 5.95. The van der Waals surface area contributed by atoms with E-state index in [0.29, 0.717) is 23.9 Å². The average Bonchev–Trinajstić information content (AvgIpc) is 3.27. The number of aromatic nitrogens is 2. The number of Topliss-reactive ketones (excluding diaryl/α,β-unsaturated/α-hetero) is 1. The second-order valence-corrected chi connectivity index (χ2v) is 7.11. The number of hydrogen-bond acceptors (Lipinski definition) is 6. The van der Waals surface area contributed by atoms with Gasteiger partial charge in [0.25, 0.3) is 0 Å². The lowest BCUT2D eigenvalue weighted by molar-refractivity contribution is 0.101. The van der Waals surface area contributed by atoms with Crippen LogP contribution in [0.2, 0.25) is 0 Å². The first-order valence-corrected chi connectivity index (χ1v) is 9.85. The van der Waals surface area contributed by atoms with E-state index in [-0.39, 0.29) is 11.9 Å². The van der Waals surface area contributed by atoms with E-state index in [4.69, 9.17) is 4.74 Å². The molecule has 3 aromatic rings. The molecule has 0 spiro atoms. The van der Waals surface area contributed by atoms with Crippen LogP contribution in [-0.4, -0.2) is 35.0 Å². The van der Waals surface area contributed by atoms with Crippen LogP contribution in [0.1, 0.15) is 30.1 Å². The van der Waals surface area contributed by atoms with Gasteiger partial charge in [-0.3, -0.25) is 4.79 Å². The Bertz CT molecular complexity index is 985. The molecule has 2 N–H and O–H groups in total. The number of anilines is 3. The van der Waals surface area contributed by atoms with E-state index in [1.807, 2.05) is 54.6 Å². The van der Waals surface area contributed by atoms with E-state index in [1.165, 1.54) is 0 Å². The Kier molecular flexibility index (Phi) is 5.81. The molecule has 1 aliphatic rings. The molecule has 0 bridgehead atoms. The Labute approximate surface area is 170 Å². The first-order valence-electron chi connectivity index (χ1n) is 9.85. The van der Waals surface area contributed by atoms with Gasteiger partial charge in [0.05, 0.1) is 11.8 Å². The van der Waals surface area contributed by atoms with Gasteiger partial charge in [0.2, 0.25) is 5.95 Å². The quantitative estimate of drug-likeness (QED) is 0.572. The molecule has 1 saturated heterocycles. The van der Waals surface area contributed by atoms with E-state index in [0.717, 1.165) is 36.4 Å². The minimum absolute atomic E-state index is 0.0280. The van der Waals surface area contributed by atoms with E-state index in [2.05, 4.69) is 20.6 Å². The van der Waals surface area contributed by atoms with Crippen LogP contribution < -0.4 is 10.6 Å². The van der Waals surface area contributed by atoms with Crippen molar-refractivity contribution in [2.24, 2.45) is 0 Å². The fourth-order valence-electron chi connectivity index (χ4n) is 3.32. The summed E-state index contributed by atoms with van der Waals surface area (Å²) in [5.74, 6) is 1.24. The summed E-state index contributed by atoms with van der Waals surface area (Å²) in [7, 11) is 0. The van der Waals surface area contributed by atoms with Crippen LogP contribution >= 0.6 is 0 Å². The lowest BCUT2D eigenvalue weighted by Gasteiger charge is -2.14. The second-order valence-electron chi connectivity index (χ2n) is 7.11. The molecule has 1 fully saturated rings. The van der Waals surface area contributed by atoms with Crippen molar-refractivity contribution in [1.29, 1.82) is 0 Å². The van der Waals surface area contributed by atoms with Gasteiger partial charge in [0.15, 0.2) is 5.78 Å². The van der Waals surface area contributed by atoms with Crippen molar-refractivity contribution in [3.63, 3.8) is 0 Å². The molecule has 1 unspecified atom stereocenters.